The second-order valence-electron chi connectivity index (χ2n) is 4.52. The van der Waals surface area contributed by atoms with Gasteiger partial charge in [-0.2, -0.15) is 0 Å². The topological polar surface area (TPSA) is 118 Å². The molecular formula is C11H12N2O6S. The predicted octanol–water partition coefficient (Wildman–Crippen LogP) is 0.509. The number of hydrogen-bond acceptors (Lipinski definition) is 6. The first-order valence-corrected chi connectivity index (χ1v) is 7.17. The van der Waals surface area contributed by atoms with E-state index in [1.54, 1.807) is 0 Å². The van der Waals surface area contributed by atoms with Crippen LogP contribution < -0.4 is 0 Å². The lowest BCUT2D eigenvalue weighted by atomic mass is 10.1. The van der Waals surface area contributed by atoms with Crippen molar-refractivity contribution in [3.63, 3.8) is 0 Å². The fourth-order valence-corrected chi connectivity index (χ4v) is 3.76. The second kappa shape index (κ2) is 4.53. The van der Waals surface area contributed by atoms with Crippen molar-refractivity contribution in [1.82, 2.24) is 4.31 Å². The number of nitrogens with zero attached hydrogens (tertiary/aromatic N) is 2. The van der Waals surface area contributed by atoms with Crippen LogP contribution in [0.5, 0.6) is 0 Å². The highest BCUT2D eigenvalue weighted by Crippen LogP contribution is 2.34. The van der Waals surface area contributed by atoms with Crippen LogP contribution >= 0.6 is 0 Å². The Bertz CT molecular complexity index is 697. The van der Waals surface area contributed by atoms with E-state index in [9.17, 15) is 28.4 Å². The largest absolute Gasteiger partial charge is 0.391 e. The van der Waals surface area contributed by atoms with Crippen LogP contribution in [-0.2, 0) is 10.0 Å². The van der Waals surface area contributed by atoms with Crippen molar-refractivity contribution in [2.45, 2.75) is 30.9 Å². The average Bonchev–Trinajstić information content (AvgIpc) is 2.56. The van der Waals surface area contributed by atoms with Gasteiger partial charge < -0.3 is 5.11 Å². The van der Waals surface area contributed by atoms with Gasteiger partial charge in [0.25, 0.3) is 21.6 Å². The Morgan fingerprint density at radius 1 is 1.35 bits per heavy atom. The molecule has 8 nitrogen and oxygen atoms in total. The van der Waals surface area contributed by atoms with Crippen LogP contribution in [0.15, 0.2) is 23.1 Å². The number of rotatable bonds is 3. The molecule has 9 heteroatoms. The van der Waals surface area contributed by atoms with Crippen molar-refractivity contribution in [2.24, 2.45) is 0 Å². The average molecular weight is 300 g/mol. The van der Waals surface area contributed by atoms with E-state index in [-0.39, 0.29) is 16.1 Å². The number of sulfonamides is 1. The molecule has 2 rings (SSSR count). The Kier molecular flexibility index (Phi) is 3.26. The molecule has 1 aliphatic rings. The molecule has 0 fully saturated rings. The maximum atomic E-state index is 12.2. The molecule has 20 heavy (non-hydrogen) atoms. The number of carbonyl (C=O) groups is 1. The molecule has 2 atom stereocenters. The highest BCUT2D eigenvalue weighted by molar-refractivity contribution is 7.90. The summed E-state index contributed by atoms with van der Waals surface area (Å²) in [6.07, 6.45) is -1.06. The van der Waals surface area contributed by atoms with Crippen molar-refractivity contribution < 1.29 is 23.2 Å². The molecule has 2 unspecified atom stereocenters. The maximum absolute atomic E-state index is 12.2. The molecule has 1 aromatic rings. The van der Waals surface area contributed by atoms with Gasteiger partial charge >= 0.3 is 0 Å². The third kappa shape index (κ3) is 1.95. The first-order chi connectivity index (χ1) is 9.17. The highest BCUT2D eigenvalue weighted by Gasteiger charge is 2.45. The minimum absolute atomic E-state index is 0.244. The number of non-ortho nitro benzene ring substituents is 1. The van der Waals surface area contributed by atoms with E-state index in [0.29, 0.717) is 4.31 Å². The number of nitro benzene ring substituents is 1. The standard InChI is InChI=1S/C11H12N2O6S/c1-6(7(2)14)12-11(15)9-5-8(13(16)17)3-4-10(9)20(12,18)19/h3-7,14H,1-2H3. The van der Waals surface area contributed by atoms with Crippen molar-refractivity contribution in [2.75, 3.05) is 0 Å². The number of nitro groups is 1. The van der Waals surface area contributed by atoms with Crippen LogP contribution in [0.2, 0.25) is 0 Å². The molecule has 0 aromatic heterocycles. The van der Waals surface area contributed by atoms with Gasteiger partial charge in [0.15, 0.2) is 0 Å². The quantitative estimate of drug-likeness (QED) is 0.641. The van der Waals surface area contributed by atoms with Gasteiger partial charge in [0.2, 0.25) is 0 Å². The number of hydrogen-bond donors (Lipinski definition) is 1. The summed E-state index contributed by atoms with van der Waals surface area (Å²) < 4.78 is 25.1. The minimum Gasteiger partial charge on any atom is -0.391 e. The lowest BCUT2D eigenvalue weighted by Crippen LogP contribution is -2.43. The van der Waals surface area contributed by atoms with E-state index in [2.05, 4.69) is 0 Å². The SMILES string of the molecule is CC(O)C(C)N1C(=O)c2cc([N+](=O)[O-])ccc2S1(=O)=O. The van der Waals surface area contributed by atoms with Gasteiger partial charge in [-0.25, -0.2) is 12.7 Å². The maximum Gasteiger partial charge on any atom is 0.270 e. The molecule has 0 saturated carbocycles. The Labute approximate surface area is 114 Å². The van der Waals surface area contributed by atoms with Crippen LogP contribution in [0.4, 0.5) is 5.69 Å². The molecule has 0 saturated heterocycles. The summed E-state index contributed by atoms with van der Waals surface area (Å²) in [5, 5.41) is 20.2. The van der Waals surface area contributed by atoms with Crippen LogP contribution in [0.25, 0.3) is 0 Å². The fourth-order valence-electron chi connectivity index (χ4n) is 1.96. The Balaban J connectivity index is 2.61. The van der Waals surface area contributed by atoms with E-state index in [0.717, 1.165) is 18.2 Å². The monoisotopic (exact) mass is 300 g/mol. The van der Waals surface area contributed by atoms with Gasteiger partial charge in [-0.1, -0.05) is 0 Å². The molecule has 1 aromatic carbocycles. The lowest BCUT2D eigenvalue weighted by molar-refractivity contribution is -0.384. The van der Waals surface area contributed by atoms with Crippen molar-refractivity contribution in [1.29, 1.82) is 0 Å². The van der Waals surface area contributed by atoms with Crippen molar-refractivity contribution >= 4 is 21.6 Å². The predicted molar refractivity (Wildman–Crippen MR) is 67.6 cm³/mol. The summed E-state index contributed by atoms with van der Waals surface area (Å²) in [4.78, 5) is 21.8. The molecule has 1 N–H and O–H groups in total. The van der Waals surface area contributed by atoms with Crippen LogP contribution in [0, 0.1) is 10.1 Å². The molecular weight excluding hydrogens is 288 g/mol. The number of aliphatic hydroxyl groups excluding tert-OH is 1. The van der Waals surface area contributed by atoms with Gasteiger partial charge in [-0.3, -0.25) is 14.9 Å². The lowest BCUT2D eigenvalue weighted by Gasteiger charge is -2.25. The van der Waals surface area contributed by atoms with Crippen LogP contribution in [0.3, 0.4) is 0 Å². The Hall–Kier alpha value is -2.00. The van der Waals surface area contributed by atoms with Gasteiger partial charge in [-0.15, -0.1) is 0 Å². The summed E-state index contributed by atoms with van der Waals surface area (Å²) in [6, 6.07) is 2.04. The molecule has 1 aliphatic heterocycles. The third-order valence-corrected chi connectivity index (χ3v) is 5.14. The normalized spacial score (nSPS) is 19.6. The molecule has 1 heterocycles. The zero-order valence-corrected chi connectivity index (χ0v) is 11.5. The number of amides is 1. The zero-order chi connectivity index (χ0) is 15.2. The summed E-state index contributed by atoms with van der Waals surface area (Å²) in [6.45, 7) is 2.75. The highest BCUT2D eigenvalue weighted by atomic mass is 32.2. The van der Waals surface area contributed by atoms with E-state index in [4.69, 9.17) is 0 Å². The van der Waals surface area contributed by atoms with Gasteiger partial charge in [-0.05, 0) is 19.9 Å². The van der Waals surface area contributed by atoms with Gasteiger partial charge in [0.1, 0.15) is 4.90 Å². The number of carbonyl (C=O) groups excluding carboxylic acids is 1. The molecule has 0 aliphatic carbocycles. The van der Waals surface area contributed by atoms with E-state index in [1.165, 1.54) is 13.8 Å². The van der Waals surface area contributed by atoms with Crippen molar-refractivity contribution in [3.05, 3.63) is 33.9 Å². The summed E-state index contributed by atoms with van der Waals surface area (Å²) in [7, 11) is -4.08. The van der Waals surface area contributed by atoms with Gasteiger partial charge in [0.05, 0.1) is 22.6 Å². The van der Waals surface area contributed by atoms with Crippen LogP contribution in [-0.4, -0.2) is 40.8 Å². The van der Waals surface area contributed by atoms with E-state index < -0.39 is 33.0 Å². The number of benzene rings is 1. The third-order valence-electron chi connectivity index (χ3n) is 3.21. The molecule has 0 radical (unpaired) electrons. The minimum atomic E-state index is -4.08. The van der Waals surface area contributed by atoms with Crippen LogP contribution in [0.1, 0.15) is 24.2 Å². The Morgan fingerprint density at radius 3 is 2.45 bits per heavy atom. The molecule has 108 valence electrons. The molecule has 0 bridgehead atoms. The number of aliphatic hydroxyl groups is 1. The number of fused-ring (bicyclic) bond motifs is 1. The smallest absolute Gasteiger partial charge is 0.270 e. The second-order valence-corrected chi connectivity index (χ2v) is 6.31. The zero-order valence-electron chi connectivity index (χ0n) is 10.7. The summed E-state index contributed by atoms with van der Waals surface area (Å²) in [5.74, 6) is -0.864. The first kappa shape index (κ1) is 14.4. The van der Waals surface area contributed by atoms with E-state index >= 15 is 0 Å². The summed E-state index contributed by atoms with van der Waals surface area (Å²) >= 11 is 0. The van der Waals surface area contributed by atoms with Gasteiger partial charge in [0, 0.05) is 12.1 Å². The first-order valence-electron chi connectivity index (χ1n) is 5.73. The van der Waals surface area contributed by atoms with E-state index in [1.807, 2.05) is 0 Å². The van der Waals surface area contributed by atoms with Crippen molar-refractivity contribution in [3.8, 4) is 0 Å². The molecule has 0 spiro atoms. The summed E-state index contributed by atoms with van der Waals surface area (Å²) in [5.41, 5.74) is -0.606. The fraction of sp³-hybridized carbons (Fsp3) is 0.364. The molecule has 1 amide bonds. The Morgan fingerprint density at radius 2 is 1.95 bits per heavy atom.